The van der Waals surface area contributed by atoms with Crippen molar-refractivity contribution in [2.24, 2.45) is 0 Å². The summed E-state index contributed by atoms with van der Waals surface area (Å²) in [6.45, 7) is 4.05. The molecule has 5 heteroatoms. The maximum Gasteiger partial charge on any atom is 0.376 e. The van der Waals surface area contributed by atoms with E-state index in [1.54, 1.807) is 14.2 Å². The fourth-order valence-corrected chi connectivity index (χ4v) is 3.44. The molecule has 0 bridgehead atoms. The van der Waals surface area contributed by atoms with E-state index < -0.39 is 8.56 Å². The second kappa shape index (κ2) is 6.04. The van der Waals surface area contributed by atoms with Crippen LogP contribution in [0.4, 0.5) is 5.69 Å². The molecule has 96 valence electrons. The van der Waals surface area contributed by atoms with E-state index in [0.717, 1.165) is 12.2 Å². The fourth-order valence-electron chi connectivity index (χ4n) is 1.66. The molecule has 0 aliphatic rings. The van der Waals surface area contributed by atoms with Crippen molar-refractivity contribution in [2.45, 2.75) is 25.6 Å². The molecule has 4 nitrogen and oxygen atoms in total. The van der Waals surface area contributed by atoms with Gasteiger partial charge in [0.05, 0.1) is 0 Å². The summed E-state index contributed by atoms with van der Waals surface area (Å²) in [6, 6.07) is 7.40. The number of ether oxygens (including phenoxy) is 1. The molecule has 0 saturated heterocycles. The zero-order chi connectivity index (χ0) is 12.9. The minimum Gasteiger partial charge on any atom is -0.488 e. The lowest BCUT2D eigenvalue weighted by Crippen LogP contribution is -2.52. The summed E-state index contributed by atoms with van der Waals surface area (Å²) in [5.41, 5.74) is 6.35. The number of rotatable bonds is 6. The highest BCUT2D eigenvalue weighted by Gasteiger charge is 2.40. The van der Waals surface area contributed by atoms with Gasteiger partial charge < -0.3 is 19.3 Å². The van der Waals surface area contributed by atoms with Gasteiger partial charge in [-0.3, -0.25) is 0 Å². The summed E-state index contributed by atoms with van der Waals surface area (Å²) in [4.78, 5) is 0. The molecule has 0 aliphatic heterocycles. The quantitative estimate of drug-likeness (QED) is 0.626. The topological polar surface area (TPSA) is 53.7 Å². The number of benzene rings is 1. The zero-order valence-corrected chi connectivity index (χ0v) is 11.9. The molecule has 0 spiro atoms. The monoisotopic (exact) mass is 255 g/mol. The second-order valence-electron chi connectivity index (χ2n) is 4.01. The molecule has 1 aromatic rings. The third-order valence-corrected chi connectivity index (χ3v) is 6.22. The van der Waals surface area contributed by atoms with Gasteiger partial charge in [0, 0.05) is 26.0 Å². The molecule has 1 rings (SSSR count). The summed E-state index contributed by atoms with van der Waals surface area (Å²) in [5.74, 6) is 0.754. The van der Waals surface area contributed by atoms with Crippen molar-refractivity contribution >= 4 is 14.2 Å². The van der Waals surface area contributed by atoms with E-state index in [0.29, 0.717) is 5.69 Å². The molecule has 2 N–H and O–H groups in total. The first-order valence-electron chi connectivity index (χ1n) is 5.68. The molecule has 0 aromatic heterocycles. The number of nitrogens with two attached hydrogens (primary N) is 1. The van der Waals surface area contributed by atoms with E-state index in [9.17, 15) is 0 Å². The Bertz CT molecular complexity index is 355. The number of anilines is 1. The highest BCUT2D eigenvalue weighted by atomic mass is 28.4. The van der Waals surface area contributed by atoms with Crippen molar-refractivity contribution in [3.05, 3.63) is 24.3 Å². The van der Waals surface area contributed by atoms with Gasteiger partial charge in [-0.05, 0) is 25.1 Å². The third-order valence-electron chi connectivity index (χ3n) is 2.90. The minimum absolute atomic E-state index is 0.0562. The van der Waals surface area contributed by atoms with Gasteiger partial charge in [0.1, 0.15) is 11.5 Å². The zero-order valence-electron chi connectivity index (χ0n) is 10.9. The number of hydrogen-bond donors (Lipinski definition) is 1. The van der Waals surface area contributed by atoms with Crippen molar-refractivity contribution in [2.75, 3.05) is 20.0 Å². The highest BCUT2D eigenvalue weighted by Crippen LogP contribution is 2.22. The average Bonchev–Trinajstić information content (AvgIpc) is 2.35. The van der Waals surface area contributed by atoms with Crippen LogP contribution in [0.15, 0.2) is 24.3 Å². The van der Waals surface area contributed by atoms with Crippen LogP contribution in [-0.2, 0) is 8.85 Å². The van der Waals surface area contributed by atoms with Gasteiger partial charge >= 0.3 is 8.56 Å². The first-order valence-corrected chi connectivity index (χ1v) is 8.07. The Kier molecular flexibility index (Phi) is 4.98. The van der Waals surface area contributed by atoms with Crippen molar-refractivity contribution in [3.8, 4) is 5.75 Å². The summed E-state index contributed by atoms with van der Waals surface area (Å²) >= 11 is 0. The van der Waals surface area contributed by atoms with Crippen molar-refractivity contribution in [3.63, 3.8) is 0 Å². The average molecular weight is 255 g/mol. The lowest BCUT2D eigenvalue weighted by Gasteiger charge is -2.31. The molecule has 1 atom stereocenters. The highest BCUT2D eigenvalue weighted by molar-refractivity contribution is 6.67. The van der Waals surface area contributed by atoms with Crippen LogP contribution in [-0.4, -0.2) is 28.5 Å². The molecule has 0 saturated carbocycles. The molecular formula is C12H21NO3Si. The van der Waals surface area contributed by atoms with Crippen LogP contribution in [0.25, 0.3) is 0 Å². The second-order valence-corrected chi connectivity index (χ2v) is 7.50. The van der Waals surface area contributed by atoms with Gasteiger partial charge in [-0.25, -0.2) is 0 Å². The fraction of sp³-hybridized carbons (Fsp3) is 0.500. The van der Waals surface area contributed by atoms with Crippen LogP contribution in [0.1, 0.15) is 13.3 Å². The molecule has 1 aromatic carbocycles. The predicted octanol–water partition coefficient (Wildman–Crippen LogP) is 2.33. The molecule has 1 unspecified atom stereocenters. The van der Waals surface area contributed by atoms with Crippen LogP contribution in [0, 0.1) is 0 Å². The summed E-state index contributed by atoms with van der Waals surface area (Å²) < 4.78 is 16.9. The normalized spacial score (nSPS) is 13.4. The largest absolute Gasteiger partial charge is 0.488 e. The Labute approximate surface area is 104 Å². The van der Waals surface area contributed by atoms with Gasteiger partial charge in [0.25, 0.3) is 0 Å². The molecule has 0 aliphatic carbocycles. The Balaban J connectivity index is 2.83. The van der Waals surface area contributed by atoms with Gasteiger partial charge in [-0.15, -0.1) is 0 Å². The molecule has 0 heterocycles. The Morgan fingerprint density at radius 3 is 2.41 bits per heavy atom. The SMILES string of the molecule is CCC(Oc1cccc(N)c1)[Si](C)(OC)OC. The molecule has 0 radical (unpaired) electrons. The number of hydrogen-bond acceptors (Lipinski definition) is 4. The minimum atomic E-state index is -2.29. The van der Waals surface area contributed by atoms with Crippen molar-refractivity contribution < 1.29 is 13.6 Å². The van der Waals surface area contributed by atoms with Crippen LogP contribution < -0.4 is 10.5 Å². The lowest BCUT2D eigenvalue weighted by molar-refractivity contribution is 0.158. The van der Waals surface area contributed by atoms with Crippen LogP contribution in [0.2, 0.25) is 6.55 Å². The molecule has 0 amide bonds. The molecular weight excluding hydrogens is 234 g/mol. The third kappa shape index (κ3) is 3.46. The van der Waals surface area contributed by atoms with E-state index in [1.165, 1.54) is 0 Å². The Morgan fingerprint density at radius 1 is 1.29 bits per heavy atom. The summed E-state index contributed by atoms with van der Waals surface area (Å²) in [7, 11) is 1.05. The standard InChI is InChI=1S/C12H21NO3Si/c1-5-12(17(4,14-2)15-3)16-11-8-6-7-10(13)9-11/h6-9,12H,5,13H2,1-4H3. The van der Waals surface area contributed by atoms with E-state index in [4.69, 9.17) is 19.3 Å². The number of nitrogen functional groups attached to an aromatic ring is 1. The van der Waals surface area contributed by atoms with E-state index in [1.807, 2.05) is 30.8 Å². The van der Waals surface area contributed by atoms with E-state index >= 15 is 0 Å². The van der Waals surface area contributed by atoms with E-state index in [-0.39, 0.29) is 5.73 Å². The Hall–Kier alpha value is -1.04. The first-order chi connectivity index (χ1) is 8.05. The van der Waals surface area contributed by atoms with E-state index in [2.05, 4.69) is 6.92 Å². The van der Waals surface area contributed by atoms with Gasteiger partial charge in [-0.1, -0.05) is 13.0 Å². The molecule has 0 fully saturated rings. The van der Waals surface area contributed by atoms with Crippen molar-refractivity contribution in [1.29, 1.82) is 0 Å². The van der Waals surface area contributed by atoms with Crippen LogP contribution in [0.5, 0.6) is 5.75 Å². The smallest absolute Gasteiger partial charge is 0.376 e. The van der Waals surface area contributed by atoms with Crippen LogP contribution in [0.3, 0.4) is 0 Å². The molecule has 17 heavy (non-hydrogen) atoms. The summed E-state index contributed by atoms with van der Waals surface area (Å²) in [6.07, 6.45) is 0.833. The Morgan fingerprint density at radius 2 is 1.94 bits per heavy atom. The first kappa shape index (κ1) is 14.0. The summed E-state index contributed by atoms with van der Waals surface area (Å²) in [5, 5.41) is 0. The van der Waals surface area contributed by atoms with Crippen LogP contribution >= 0.6 is 0 Å². The maximum absolute atomic E-state index is 5.92. The lowest BCUT2D eigenvalue weighted by atomic mass is 10.3. The van der Waals surface area contributed by atoms with Gasteiger partial charge in [-0.2, -0.15) is 0 Å². The predicted molar refractivity (Wildman–Crippen MR) is 71.2 cm³/mol. The maximum atomic E-state index is 5.92. The van der Waals surface area contributed by atoms with Crippen molar-refractivity contribution in [1.82, 2.24) is 0 Å². The van der Waals surface area contributed by atoms with Gasteiger partial charge in [0.15, 0.2) is 0 Å². The van der Waals surface area contributed by atoms with Gasteiger partial charge in [0.2, 0.25) is 0 Å².